The normalized spacial score (nSPS) is 37.5. The molecule has 1 aliphatic heterocycles. The third kappa shape index (κ3) is 2.19. The molecule has 0 aromatic rings. The second kappa shape index (κ2) is 2.99. The zero-order valence-corrected chi connectivity index (χ0v) is 7.85. The third-order valence-electron chi connectivity index (χ3n) is 3.05. The van der Waals surface area contributed by atoms with Crippen molar-refractivity contribution < 1.29 is 4.39 Å². The van der Waals surface area contributed by atoms with Crippen molar-refractivity contribution in [1.82, 2.24) is 4.90 Å². The van der Waals surface area contributed by atoms with Gasteiger partial charge in [0.05, 0.1) is 0 Å². The van der Waals surface area contributed by atoms with E-state index in [0.29, 0.717) is 6.54 Å². The lowest BCUT2D eigenvalue weighted by Crippen LogP contribution is -2.27. The molecule has 0 spiro atoms. The van der Waals surface area contributed by atoms with Crippen molar-refractivity contribution in [3.8, 4) is 0 Å². The van der Waals surface area contributed by atoms with Crippen molar-refractivity contribution in [3.05, 3.63) is 0 Å². The first-order valence-corrected chi connectivity index (χ1v) is 5.07. The molecule has 1 nitrogen and oxygen atoms in total. The molecule has 2 heteroatoms. The monoisotopic (exact) mass is 171 g/mol. The number of hydrogen-bond donors (Lipinski definition) is 0. The maximum atomic E-state index is 13.4. The molecule has 0 N–H and O–H groups in total. The quantitative estimate of drug-likeness (QED) is 0.629. The maximum absolute atomic E-state index is 13.4. The third-order valence-corrected chi connectivity index (χ3v) is 3.05. The summed E-state index contributed by atoms with van der Waals surface area (Å²) in [5, 5.41) is 0. The Morgan fingerprint density at radius 2 is 2.25 bits per heavy atom. The van der Waals surface area contributed by atoms with Crippen LogP contribution in [-0.2, 0) is 0 Å². The molecule has 0 aromatic heterocycles. The second-order valence-electron chi connectivity index (χ2n) is 4.67. The van der Waals surface area contributed by atoms with Crippen LogP contribution in [0.25, 0.3) is 0 Å². The lowest BCUT2D eigenvalue weighted by molar-refractivity contribution is 0.187. The summed E-state index contributed by atoms with van der Waals surface area (Å²) in [6, 6.07) is 0. The fraction of sp³-hybridized carbons (Fsp3) is 1.00. The maximum Gasteiger partial charge on any atom is 0.122 e. The molecular formula is C10H18FN. The van der Waals surface area contributed by atoms with Gasteiger partial charge in [0.25, 0.3) is 0 Å². The van der Waals surface area contributed by atoms with Gasteiger partial charge in [-0.3, -0.25) is 0 Å². The van der Waals surface area contributed by atoms with Crippen molar-refractivity contribution in [3.63, 3.8) is 0 Å². The number of hydrogen-bond acceptors (Lipinski definition) is 1. The highest BCUT2D eigenvalue weighted by Gasteiger charge is 2.33. The van der Waals surface area contributed by atoms with Crippen LogP contribution in [-0.4, -0.2) is 30.2 Å². The zero-order chi connectivity index (χ0) is 8.60. The Hall–Kier alpha value is -0.110. The van der Waals surface area contributed by atoms with E-state index in [1.807, 2.05) is 0 Å². The van der Waals surface area contributed by atoms with Gasteiger partial charge in [-0.15, -0.1) is 0 Å². The van der Waals surface area contributed by atoms with Crippen molar-refractivity contribution in [2.75, 3.05) is 19.6 Å². The van der Waals surface area contributed by atoms with E-state index in [1.165, 1.54) is 19.3 Å². The molecule has 12 heavy (non-hydrogen) atoms. The van der Waals surface area contributed by atoms with Gasteiger partial charge < -0.3 is 4.90 Å². The van der Waals surface area contributed by atoms with Crippen molar-refractivity contribution in [2.24, 2.45) is 5.92 Å². The number of likely N-dealkylation sites (tertiary alicyclic amines) is 1. The second-order valence-corrected chi connectivity index (χ2v) is 4.67. The first-order chi connectivity index (χ1) is 5.66. The predicted octanol–water partition coefficient (Wildman–Crippen LogP) is 2.22. The number of alkyl halides is 1. The fourth-order valence-corrected chi connectivity index (χ4v) is 1.98. The molecule has 1 saturated heterocycles. The summed E-state index contributed by atoms with van der Waals surface area (Å²) < 4.78 is 13.4. The topological polar surface area (TPSA) is 3.24 Å². The molecule has 2 aliphatic rings. The predicted molar refractivity (Wildman–Crippen MR) is 47.9 cm³/mol. The minimum atomic E-state index is -0.899. The Labute approximate surface area is 73.9 Å². The van der Waals surface area contributed by atoms with Crippen LogP contribution in [0.1, 0.15) is 32.6 Å². The molecule has 1 saturated carbocycles. The average Bonchev–Trinajstić information content (AvgIpc) is 2.74. The summed E-state index contributed by atoms with van der Waals surface area (Å²) >= 11 is 0. The van der Waals surface area contributed by atoms with E-state index >= 15 is 0 Å². The molecule has 0 radical (unpaired) electrons. The van der Waals surface area contributed by atoms with Gasteiger partial charge in [0.2, 0.25) is 0 Å². The van der Waals surface area contributed by atoms with E-state index in [9.17, 15) is 4.39 Å². The largest absolute Gasteiger partial charge is 0.300 e. The van der Waals surface area contributed by atoms with Crippen LogP contribution in [0.5, 0.6) is 0 Å². The Kier molecular flexibility index (Phi) is 2.11. The van der Waals surface area contributed by atoms with Crippen LogP contribution < -0.4 is 0 Å². The molecule has 1 aliphatic carbocycles. The molecular weight excluding hydrogens is 153 g/mol. The highest BCUT2D eigenvalue weighted by molar-refractivity contribution is 4.87. The van der Waals surface area contributed by atoms with E-state index in [0.717, 1.165) is 25.4 Å². The van der Waals surface area contributed by atoms with Crippen LogP contribution in [0.15, 0.2) is 0 Å². The molecule has 0 bridgehead atoms. The van der Waals surface area contributed by atoms with Crippen molar-refractivity contribution in [1.29, 1.82) is 0 Å². The molecule has 1 atom stereocenters. The average molecular weight is 171 g/mol. The van der Waals surface area contributed by atoms with Crippen LogP contribution in [0, 0.1) is 5.92 Å². The van der Waals surface area contributed by atoms with Gasteiger partial charge >= 0.3 is 0 Å². The number of rotatable bonds is 3. The lowest BCUT2D eigenvalue weighted by Gasteiger charge is -2.16. The number of halogens is 1. The molecule has 0 amide bonds. The smallest absolute Gasteiger partial charge is 0.122 e. The van der Waals surface area contributed by atoms with Gasteiger partial charge in [0.1, 0.15) is 5.67 Å². The fourth-order valence-electron chi connectivity index (χ4n) is 1.98. The minimum Gasteiger partial charge on any atom is -0.300 e. The Balaban J connectivity index is 1.68. The van der Waals surface area contributed by atoms with Crippen molar-refractivity contribution >= 4 is 0 Å². The SMILES string of the molecule is CC1(F)CCN(CCC2CC2)C1. The van der Waals surface area contributed by atoms with Crippen LogP contribution in [0.3, 0.4) is 0 Å². The van der Waals surface area contributed by atoms with E-state index in [2.05, 4.69) is 4.90 Å². The molecule has 1 unspecified atom stereocenters. The highest BCUT2D eigenvalue weighted by Crippen LogP contribution is 2.33. The van der Waals surface area contributed by atoms with E-state index in [-0.39, 0.29) is 0 Å². The first-order valence-electron chi connectivity index (χ1n) is 5.07. The van der Waals surface area contributed by atoms with Gasteiger partial charge in [-0.2, -0.15) is 0 Å². The lowest BCUT2D eigenvalue weighted by atomic mass is 10.1. The van der Waals surface area contributed by atoms with Crippen LogP contribution in [0.4, 0.5) is 4.39 Å². The van der Waals surface area contributed by atoms with Gasteiger partial charge in [-0.25, -0.2) is 4.39 Å². The van der Waals surface area contributed by atoms with E-state index in [4.69, 9.17) is 0 Å². The Bertz CT molecular complexity index is 163. The summed E-state index contributed by atoms with van der Waals surface area (Å²) in [7, 11) is 0. The first kappa shape index (κ1) is 8.49. The Morgan fingerprint density at radius 3 is 2.75 bits per heavy atom. The summed E-state index contributed by atoms with van der Waals surface area (Å²) in [5.74, 6) is 0.983. The van der Waals surface area contributed by atoms with E-state index < -0.39 is 5.67 Å². The van der Waals surface area contributed by atoms with Gasteiger partial charge in [-0.05, 0) is 32.2 Å². The van der Waals surface area contributed by atoms with Gasteiger partial charge in [0.15, 0.2) is 0 Å². The van der Waals surface area contributed by atoms with Gasteiger partial charge in [-0.1, -0.05) is 12.8 Å². The summed E-state index contributed by atoms with van der Waals surface area (Å²) in [4.78, 5) is 2.28. The van der Waals surface area contributed by atoms with E-state index in [1.54, 1.807) is 6.92 Å². The van der Waals surface area contributed by atoms with Crippen LogP contribution >= 0.6 is 0 Å². The zero-order valence-electron chi connectivity index (χ0n) is 7.85. The molecule has 0 aromatic carbocycles. The van der Waals surface area contributed by atoms with Gasteiger partial charge in [0, 0.05) is 13.1 Å². The standard InChI is InChI=1S/C10H18FN/c1-10(11)5-7-12(8-10)6-4-9-2-3-9/h9H,2-8H2,1H3. The molecule has 70 valence electrons. The van der Waals surface area contributed by atoms with Crippen molar-refractivity contribution in [2.45, 2.75) is 38.3 Å². The molecule has 2 rings (SSSR count). The Morgan fingerprint density at radius 1 is 1.50 bits per heavy atom. The molecule has 2 fully saturated rings. The minimum absolute atomic E-state index is 0.666. The molecule has 1 heterocycles. The summed E-state index contributed by atoms with van der Waals surface area (Å²) in [5.41, 5.74) is -0.899. The van der Waals surface area contributed by atoms with Crippen LogP contribution in [0.2, 0.25) is 0 Å². The summed E-state index contributed by atoms with van der Waals surface area (Å²) in [6.07, 6.45) is 4.87. The highest BCUT2D eigenvalue weighted by atomic mass is 19.1. The summed E-state index contributed by atoms with van der Waals surface area (Å²) in [6.45, 7) is 4.49. The number of nitrogens with zero attached hydrogens (tertiary/aromatic N) is 1.